The van der Waals surface area contributed by atoms with Crippen molar-refractivity contribution in [1.29, 1.82) is 0 Å². The summed E-state index contributed by atoms with van der Waals surface area (Å²) in [6, 6.07) is 15.8. The molecule has 0 bridgehead atoms. The molecule has 0 aliphatic rings. The quantitative estimate of drug-likeness (QED) is 0.293. The first-order valence-electron chi connectivity index (χ1n) is 11.5. The number of halogens is 1. The Balaban J connectivity index is 1.55. The van der Waals surface area contributed by atoms with E-state index in [9.17, 15) is 9.50 Å². The number of fused-ring (bicyclic) bond motifs is 2. The average Bonchev–Trinajstić information content (AvgIpc) is 3.44. The zero-order chi connectivity index (χ0) is 24.8. The third-order valence-electron chi connectivity index (χ3n) is 5.84. The van der Waals surface area contributed by atoms with Crippen molar-refractivity contribution in [3.63, 3.8) is 0 Å². The molecule has 0 aliphatic heterocycles. The average molecular weight is 480 g/mol. The number of pyridine rings is 2. The minimum Gasteiger partial charge on any atom is -0.508 e. The number of rotatable bonds is 5. The fourth-order valence-electron chi connectivity index (χ4n) is 4.38. The molecule has 9 heteroatoms. The molecule has 0 spiro atoms. The van der Waals surface area contributed by atoms with Crippen molar-refractivity contribution in [2.45, 2.75) is 19.9 Å². The fraction of sp³-hybridized carbons (Fsp3) is 0.111. The first-order chi connectivity index (χ1) is 17.5. The molecular weight excluding hydrogens is 457 g/mol. The summed E-state index contributed by atoms with van der Waals surface area (Å²) in [5.41, 5.74) is 5.82. The number of nitrogens with one attached hydrogen (secondary N) is 2. The van der Waals surface area contributed by atoms with Crippen molar-refractivity contribution >= 4 is 27.8 Å². The molecule has 8 nitrogen and oxygen atoms in total. The summed E-state index contributed by atoms with van der Waals surface area (Å²) in [6.45, 7) is 4.16. The largest absolute Gasteiger partial charge is 0.508 e. The van der Waals surface area contributed by atoms with E-state index < -0.39 is 5.82 Å². The SMILES string of the molecule is CC(C)Nc1cncc(-c2ccc3[nH]nc(-c4nc5cccnc5n4-c4cc(O)cc(F)c4)c3c2)c1. The van der Waals surface area contributed by atoms with Crippen LogP contribution in [-0.4, -0.2) is 40.9 Å². The Kier molecular flexibility index (Phi) is 5.10. The molecule has 0 radical (unpaired) electrons. The number of nitrogens with zero attached hydrogens (tertiary/aromatic N) is 5. The highest BCUT2D eigenvalue weighted by atomic mass is 19.1. The lowest BCUT2D eigenvalue weighted by molar-refractivity contribution is 0.469. The maximum Gasteiger partial charge on any atom is 0.168 e. The van der Waals surface area contributed by atoms with Gasteiger partial charge in [0, 0.05) is 47.7 Å². The van der Waals surface area contributed by atoms with Crippen LogP contribution in [0.4, 0.5) is 10.1 Å². The normalized spacial score (nSPS) is 11.6. The second-order valence-corrected chi connectivity index (χ2v) is 8.88. The molecule has 6 rings (SSSR count). The van der Waals surface area contributed by atoms with Crippen LogP contribution in [0.1, 0.15) is 13.8 Å². The first-order valence-corrected chi connectivity index (χ1v) is 11.5. The number of imidazole rings is 1. The van der Waals surface area contributed by atoms with Crippen molar-refractivity contribution in [1.82, 2.24) is 29.7 Å². The van der Waals surface area contributed by atoms with Crippen molar-refractivity contribution in [2.24, 2.45) is 0 Å². The van der Waals surface area contributed by atoms with Crippen LogP contribution in [0.5, 0.6) is 5.75 Å². The number of aromatic amines is 1. The van der Waals surface area contributed by atoms with Gasteiger partial charge < -0.3 is 10.4 Å². The van der Waals surface area contributed by atoms with Crippen molar-refractivity contribution in [2.75, 3.05) is 5.32 Å². The lowest BCUT2D eigenvalue weighted by Crippen LogP contribution is -2.09. The van der Waals surface area contributed by atoms with Crippen LogP contribution in [0.25, 0.3) is 50.4 Å². The van der Waals surface area contributed by atoms with Crippen LogP contribution in [0.3, 0.4) is 0 Å². The molecule has 0 unspecified atom stereocenters. The number of hydrogen-bond donors (Lipinski definition) is 3. The molecule has 6 aromatic rings. The Labute approximate surface area is 205 Å². The molecule has 0 saturated heterocycles. The highest BCUT2D eigenvalue weighted by Gasteiger charge is 2.21. The number of benzene rings is 2. The van der Waals surface area contributed by atoms with Gasteiger partial charge in [0.2, 0.25) is 0 Å². The van der Waals surface area contributed by atoms with E-state index >= 15 is 0 Å². The minimum absolute atomic E-state index is 0.190. The van der Waals surface area contributed by atoms with Crippen LogP contribution in [0.2, 0.25) is 0 Å². The Morgan fingerprint density at radius 2 is 1.92 bits per heavy atom. The van der Waals surface area contributed by atoms with Gasteiger partial charge in [-0.15, -0.1) is 0 Å². The Bertz CT molecular complexity index is 1720. The molecule has 3 N–H and O–H groups in total. The summed E-state index contributed by atoms with van der Waals surface area (Å²) in [5.74, 6) is -0.277. The van der Waals surface area contributed by atoms with Crippen LogP contribution < -0.4 is 5.32 Å². The van der Waals surface area contributed by atoms with E-state index in [1.807, 2.05) is 30.5 Å². The van der Waals surface area contributed by atoms with E-state index in [-0.39, 0.29) is 11.8 Å². The van der Waals surface area contributed by atoms with Gasteiger partial charge in [-0.25, -0.2) is 14.4 Å². The summed E-state index contributed by atoms with van der Waals surface area (Å²) < 4.78 is 16.0. The van der Waals surface area contributed by atoms with E-state index in [0.29, 0.717) is 28.4 Å². The standard InChI is InChI=1S/C27H22FN7O/c1-15(2)31-19-8-17(13-29-14-19)16-5-6-23-22(9-16)25(34-33-23)27-32-24-4-3-7-30-26(24)35(27)20-10-18(28)11-21(36)12-20/h3-15,31,36H,1-2H3,(H,33,34). The van der Waals surface area contributed by atoms with Crippen LogP contribution in [0, 0.1) is 5.82 Å². The van der Waals surface area contributed by atoms with Crippen molar-refractivity contribution in [3.05, 3.63) is 79.0 Å². The number of phenolic OH excluding ortho intramolecular Hbond substituents is 1. The van der Waals surface area contributed by atoms with Crippen LogP contribution in [-0.2, 0) is 0 Å². The van der Waals surface area contributed by atoms with Gasteiger partial charge in [-0.05, 0) is 55.8 Å². The minimum atomic E-state index is -0.565. The van der Waals surface area contributed by atoms with Gasteiger partial charge in [0.1, 0.15) is 22.8 Å². The summed E-state index contributed by atoms with van der Waals surface area (Å²) in [5, 5.41) is 21.9. The van der Waals surface area contributed by atoms with E-state index in [2.05, 4.69) is 45.4 Å². The van der Waals surface area contributed by atoms with Crippen LogP contribution >= 0.6 is 0 Å². The molecule has 0 atom stereocenters. The second-order valence-electron chi connectivity index (χ2n) is 8.88. The van der Waals surface area contributed by atoms with Gasteiger partial charge in [-0.2, -0.15) is 5.10 Å². The van der Waals surface area contributed by atoms with Gasteiger partial charge in [-0.1, -0.05) is 6.07 Å². The smallest absolute Gasteiger partial charge is 0.168 e. The van der Waals surface area contributed by atoms with Crippen LogP contribution in [0.15, 0.2) is 73.2 Å². The number of aromatic hydroxyl groups is 1. The predicted molar refractivity (Wildman–Crippen MR) is 138 cm³/mol. The summed E-state index contributed by atoms with van der Waals surface area (Å²) >= 11 is 0. The maximum absolute atomic E-state index is 14.3. The highest BCUT2D eigenvalue weighted by molar-refractivity contribution is 5.96. The number of phenols is 1. The molecule has 0 fully saturated rings. The Morgan fingerprint density at radius 3 is 2.75 bits per heavy atom. The van der Waals surface area contributed by atoms with E-state index in [1.165, 1.54) is 12.1 Å². The molecular formula is C27H22FN7O. The second kappa shape index (κ2) is 8.46. The lowest BCUT2D eigenvalue weighted by Gasteiger charge is -2.11. The number of aromatic nitrogens is 6. The number of H-pyrrole nitrogens is 1. The number of hydrogen-bond acceptors (Lipinski definition) is 6. The Hall–Kier alpha value is -4.79. The molecule has 4 aromatic heterocycles. The van der Waals surface area contributed by atoms with Crippen molar-refractivity contribution < 1.29 is 9.50 Å². The van der Waals surface area contributed by atoms with Gasteiger partial charge in [0.15, 0.2) is 11.5 Å². The maximum atomic E-state index is 14.3. The highest BCUT2D eigenvalue weighted by Crippen LogP contribution is 2.34. The molecule has 0 aliphatic carbocycles. The van der Waals surface area contributed by atoms with Crippen molar-refractivity contribution in [3.8, 4) is 34.1 Å². The summed E-state index contributed by atoms with van der Waals surface area (Å²) in [6.07, 6.45) is 5.27. The van der Waals surface area contributed by atoms with E-state index in [1.54, 1.807) is 23.0 Å². The first kappa shape index (κ1) is 21.7. The molecule has 178 valence electrons. The number of anilines is 1. The predicted octanol–water partition coefficient (Wildman–Crippen LogP) is 5.69. The topological polar surface area (TPSA) is 105 Å². The molecule has 4 heterocycles. The van der Waals surface area contributed by atoms with E-state index in [4.69, 9.17) is 4.98 Å². The summed E-state index contributed by atoms with van der Waals surface area (Å²) in [7, 11) is 0. The fourth-order valence-corrected chi connectivity index (χ4v) is 4.38. The monoisotopic (exact) mass is 479 g/mol. The van der Waals surface area contributed by atoms with Gasteiger partial charge in [0.05, 0.1) is 16.9 Å². The lowest BCUT2D eigenvalue weighted by atomic mass is 10.0. The molecule has 0 saturated carbocycles. The summed E-state index contributed by atoms with van der Waals surface area (Å²) in [4.78, 5) is 13.6. The van der Waals surface area contributed by atoms with Gasteiger partial charge in [-0.3, -0.25) is 14.6 Å². The third kappa shape index (κ3) is 3.80. The zero-order valence-electron chi connectivity index (χ0n) is 19.6. The van der Waals surface area contributed by atoms with Gasteiger partial charge >= 0.3 is 0 Å². The molecule has 36 heavy (non-hydrogen) atoms. The zero-order valence-corrected chi connectivity index (χ0v) is 19.6. The third-order valence-corrected chi connectivity index (χ3v) is 5.84. The molecule has 0 amide bonds. The van der Waals surface area contributed by atoms with E-state index in [0.717, 1.165) is 33.8 Å². The van der Waals surface area contributed by atoms with Gasteiger partial charge in [0.25, 0.3) is 0 Å². The molecule has 2 aromatic carbocycles. The Morgan fingerprint density at radius 1 is 1.03 bits per heavy atom.